The molecule has 0 amide bonds. The molecule has 0 saturated heterocycles. The molecule has 0 radical (unpaired) electrons. The van der Waals surface area contributed by atoms with E-state index < -0.39 is 0 Å². The Balaban J connectivity index is 1.82. The first-order valence-corrected chi connectivity index (χ1v) is 8.72. The lowest BCUT2D eigenvalue weighted by atomic mass is 10.1. The Morgan fingerprint density at radius 2 is 2.43 bits per heavy atom. The van der Waals surface area contributed by atoms with Crippen LogP contribution in [0.2, 0.25) is 0 Å². The van der Waals surface area contributed by atoms with Crippen molar-refractivity contribution in [3.63, 3.8) is 0 Å². The normalized spacial score (nSPS) is 23.5. The predicted molar refractivity (Wildman–Crippen MR) is 86.5 cm³/mol. The fraction of sp³-hybridized carbons (Fsp3) is 0.562. The summed E-state index contributed by atoms with van der Waals surface area (Å²) in [6.45, 7) is 2.24. The molecule has 21 heavy (non-hydrogen) atoms. The second kappa shape index (κ2) is 6.71. The van der Waals surface area contributed by atoms with E-state index in [2.05, 4.69) is 33.6 Å². The standard InChI is InChI=1S/C16H23N3OS/c1-3-21-14-8-4-6-12(14)18-15(13-7-5-11-20-13)16-17-9-10-19(16)2/h5,7,9-12,14-15,18H,3-4,6,8H2,1-2H3. The van der Waals surface area contributed by atoms with Gasteiger partial charge in [0.15, 0.2) is 0 Å². The molecule has 5 heteroatoms. The van der Waals surface area contributed by atoms with Crippen LogP contribution in [0, 0.1) is 0 Å². The van der Waals surface area contributed by atoms with Crippen molar-refractivity contribution in [2.75, 3.05) is 5.75 Å². The summed E-state index contributed by atoms with van der Waals surface area (Å²) in [6.07, 6.45) is 9.42. The topological polar surface area (TPSA) is 43.0 Å². The van der Waals surface area contributed by atoms with Crippen LogP contribution in [0.3, 0.4) is 0 Å². The molecule has 3 unspecified atom stereocenters. The van der Waals surface area contributed by atoms with E-state index in [0.29, 0.717) is 11.3 Å². The number of nitrogens with one attached hydrogen (secondary N) is 1. The lowest BCUT2D eigenvalue weighted by molar-refractivity contribution is 0.393. The molecule has 0 aliphatic heterocycles. The highest BCUT2D eigenvalue weighted by Gasteiger charge is 2.32. The molecule has 0 bridgehead atoms. The minimum Gasteiger partial charge on any atom is -0.467 e. The van der Waals surface area contributed by atoms with Crippen molar-refractivity contribution in [3.8, 4) is 0 Å². The fourth-order valence-corrected chi connectivity index (χ4v) is 4.35. The van der Waals surface area contributed by atoms with Crippen LogP contribution in [0.4, 0.5) is 0 Å². The van der Waals surface area contributed by atoms with Gasteiger partial charge >= 0.3 is 0 Å². The Bertz CT molecular complexity index is 552. The first kappa shape index (κ1) is 14.7. The second-order valence-electron chi connectivity index (χ2n) is 5.54. The van der Waals surface area contributed by atoms with E-state index in [4.69, 9.17) is 4.42 Å². The third-order valence-corrected chi connectivity index (χ3v) is 5.48. The van der Waals surface area contributed by atoms with Gasteiger partial charge in [0, 0.05) is 30.7 Å². The number of hydrogen-bond donors (Lipinski definition) is 1. The van der Waals surface area contributed by atoms with Crippen molar-refractivity contribution in [1.82, 2.24) is 14.9 Å². The molecule has 114 valence electrons. The lowest BCUT2D eigenvalue weighted by Gasteiger charge is -2.25. The predicted octanol–water partition coefficient (Wildman–Crippen LogP) is 3.37. The molecule has 3 atom stereocenters. The van der Waals surface area contributed by atoms with E-state index in [-0.39, 0.29) is 6.04 Å². The molecule has 2 aromatic rings. The van der Waals surface area contributed by atoms with E-state index >= 15 is 0 Å². The minimum absolute atomic E-state index is 0.0306. The number of hydrogen-bond acceptors (Lipinski definition) is 4. The van der Waals surface area contributed by atoms with Gasteiger partial charge < -0.3 is 8.98 Å². The van der Waals surface area contributed by atoms with Crippen LogP contribution < -0.4 is 5.32 Å². The van der Waals surface area contributed by atoms with Crippen molar-refractivity contribution in [3.05, 3.63) is 42.4 Å². The summed E-state index contributed by atoms with van der Waals surface area (Å²) < 4.78 is 7.72. The van der Waals surface area contributed by atoms with Crippen LogP contribution in [0.15, 0.2) is 35.2 Å². The van der Waals surface area contributed by atoms with Crippen LogP contribution in [0.1, 0.15) is 43.8 Å². The van der Waals surface area contributed by atoms with Gasteiger partial charge in [-0.3, -0.25) is 5.32 Å². The van der Waals surface area contributed by atoms with Crippen LogP contribution in [0.25, 0.3) is 0 Å². The Morgan fingerprint density at radius 1 is 1.52 bits per heavy atom. The summed E-state index contributed by atoms with van der Waals surface area (Å²) >= 11 is 2.07. The number of furan rings is 1. The molecule has 0 aromatic carbocycles. The number of aryl methyl sites for hydroxylation is 1. The highest BCUT2D eigenvalue weighted by Crippen LogP contribution is 2.32. The van der Waals surface area contributed by atoms with Crippen molar-refractivity contribution in [1.29, 1.82) is 0 Å². The summed E-state index contributed by atoms with van der Waals surface area (Å²) in [5.74, 6) is 3.13. The first-order chi connectivity index (χ1) is 10.3. The third kappa shape index (κ3) is 3.19. The average molecular weight is 305 g/mol. The lowest BCUT2D eigenvalue weighted by Crippen LogP contribution is -2.38. The van der Waals surface area contributed by atoms with Gasteiger partial charge in [-0.25, -0.2) is 4.98 Å². The van der Waals surface area contributed by atoms with Crippen LogP contribution in [0.5, 0.6) is 0 Å². The largest absolute Gasteiger partial charge is 0.467 e. The Labute approximate surface area is 130 Å². The number of aromatic nitrogens is 2. The first-order valence-electron chi connectivity index (χ1n) is 7.68. The van der Waals surface area contributed by atoms with Gasteiger partial charge in [-0.2, -0.15) is 11.8 Å². The number of thioether (sulfide) groups is 1. The van der Waals surface area contributed by atoms with Crippen molar-refractivity contribution in [2.45, 2.75) is 43.5 Å². The summed E-state index contributed by atoms with van der Waals surface area (Å²) in [6, 6.07) is 4.54. The molecule has 2 aromatic heterocycles. The Kier molecular flexibility index (Phi) is 4.70. The maximum Gasteiger partial charge on any atom is 0.133 e. The molecule has 2 heterocycles. The SMILES string of the molecule is CCSC1CCCC1NC(c1ccco1)c1nccn1C. The van der Waals surface area contributed by atoms with Crippen molar-refractivity contribution in [2.24, 2.45) is 7.05 Å². The van der Waals surface area contributed by atoms with E-state index in [0.717, 1.165) is 11.6 Å². The van der Waals surface area contributed by atoms with Gasteiger partial charge in [-0.05, 0) is 30.7 Å². The number of rotatable bonds is 6. The zero-order valence-corrected chi connectivity index (χ0v) is 13.5. The zero-order valence-electron chi connectivity index (χ0n) is 12.7. The Morgan fingerprint density at radius 3 is 3.10 bits per heavy atom. The monoisotopic (exact) mass is 305 g/mol. The van der Waals surface area contributed by atoms with Gasteiger partial charge in [0.1, 0.15) is 17.6 Å². The molecule has 4 nitrogen and oxygen atoms in total. The summed E-state index contributed by atoms with van der Waals surface area (Å²) in [5, 5.41) is 4.50. The van der Waals surface area contributed by atoms with Gasteiger partial charge in [-0.1, -0.05) is 13.3 Å². The molecular weight excluding hydrogens is 282 g/mol. The Hall–Kier alpha value is -1.20. The molecule has 1 fully saturated rings. The van der Waals surface area contributed by atoms with Gasteiger partial charge in [-0.15, -0.1) is 0 Å². The highest BCUT2D eigenvalue weighted by atomic mass is 32.2. The van der Waals surface area contributed by atoms with E-state index in [1.54, 1.807) is 6.26 Å². The van der Waals surface area contributed by atoms with Crippen molar-refractivity contribution >= 4 is 11.8 Å². The molecule has 0 spiro atoms. The van der Waals surface area contributed by atoms with E-state index in [1.807, 2.05) is 31.6 Å². The van der Waals surface area contributed by atoms with Crippen LogP contribution >= 0.6 is 11.8 Å². The summed E-state index contributed by atoms with van der Waals surface area (Å²) in [7, 11) is 2.03. The van der Waals surface area contributed by atoms with Crippen LogP contribution in [-0.2, 0) is 7.05 Å². The zero-order chi connectivity index (χ0) is 14.7. The number of nitrogens with zero attached hydrogens (tertiary/aromatic N) is 2. The molecule has 1 N–H and O–H groups in total. The van der Waals surface area contributed by atoms with E-state index in [9.17, 15) is 0 Å². The maximum absolute atomic E-state index is 5.66. The van der Waals surface area contributed by atoms with Gasteiger partial charge in [0.2, 0.25) is 0 Å². The third-order valence-electron chi connectivity index (χ3n) is 4.16. The quantitative estimate of drug-likeness (QED) is 0.888. The maximum atomic E-state index is 5.66. The minimum atomic E-state index is 0.0306. The highest BCUT2D eigenvalue weighted by molar-refractivity contribution is 7.99. The van der Waals surface area contributed by atoms with E-state index in [1.165, 1.54) is 25.0 Å². The summed E-state index contributed by atoms with van der Waals surface area (Å²) in [4.78, 5) is 4.52. The molecule has 1 saturated carbocycles. The molecular formula is C16H23N3OS. The van der Waals surface area contributed by atoms with Gasteiger partial charge in [0.05, 0.1) is 6.26 Å². The summed E-state index contributed by atoms with van der Waals surface area (Å²) in [5.41, 5.74) is 0. The van der Waals surface area contributed by atoms with Gasteiger partial charge in [0.25, 0.3) is 0 Å². The van der Waals surface area contributed by atoms with Crippen LogP contribution in [-0.4, -0.2) is 26.6 Å². The molecule has 1 aliphatic rings. The average Bonchev–Trinajstić information content (AvgIpc) is 3.19. The second-order valence-corrected chi connectivity index (χ2v) is 7.06. The number of imidazole rings is 1. The molecule has 3 rings (SSSR count). The fourth-order valence-electron chi connectivity index (χ4n) is 3.14. The smallest absolute Gasteiger partial charge is 0.133 e. The molecule has 1 aliphatic carbocycles. The van der Waals surface area contributed by atoms with Crippen molar-refractivity contribution < 1.29 is 4.42 Å².